The van der Waals surface area contributed by atoms with Gasteiger partial charge in [0.1, 0.15) is 4.88 Å². The fourth-order valence-electron chi connectivity index (χ4n) is 1.60. The molecule has 2 N–H and O–H groups in total. The summed E-state index contributed by atoms with van der Waals surface area (Å²) in [6.07, 6.45) is 0. The maximum absolute atomic E-state index is 11.5. The van der Waals surface area contributed by atoms with Gasteiger partial charge < -0.3 is 10.5 Å². The molecule has 2 aromatic rings. The molecule has 0 unspecified atom stereocenters. The number of nitrogen functional groups attached to an aromatic ring is 1. The van der Waals surface area contributed by atoms with Crippen molar-refractivity contribution in [3.8, 4) is 10.4 Å². The van der Waals surface area contributed by atoms with Crippen LogP contribution in [0.25, 0.3) is 10.4 Å². The number of thiophene rings is 1. The fraction of sp³-hybridized carbons (Fsp3) is 0.154. The van der Waals surface area contributed by atoms with Crippen molar-refractivity contribution in [3.05, 3.63) is 39.2 Å². The highest BCUT2D eigenvalue weighted by Crippen LogP contribution is 2.35. The number of anilines is 1. The van der Waals surface area contributed by atoms with Crippen LogP contribution < -0.4 is 5.73 Å². The number of carbonyl (C=O) groups excluding carboxylic acids is 1. The van der Waals surface area contributed by atoms with Crippen LogP contribution in [0.5, 0.6) is 0 Å². The van der Waals surface area contributed by atoms with Crippen LogP contribution in [0.1, 0.15) is 15.2 Å². The molecule has 0 aliphatic carbocycles. The molecule has 0 bridgehead atoms. The largest absolute Gasteiger partial charge is 0.465 e. The molecule has 3 nitrogen and oxygen atoms in total. The smallest absolute Gasteiger partial charge is 0.350 e. The summed E-state index contributed by atoms with van der Waals surface area (Å²) in [5.74, 6) is -0.391. The number of carbonyl (C=O) groups is 1. The van der Waals surface area contributed by atoms with Gasteiger partial charge in [-0.05, 0) is 36.2 Å². The van der Waals surface area contributed by atoms with Gasteiger partial charge in [0, 0.05) is 9.35 Å². The Kier molecular flexibility index (Phi) is 3.73. The van der Waals surface area contributed by atoms with Gasteiger partial charge in [-0.3, -0.25) is 0 Å². The number of rotatable bonds is 2. The Morgan fingerprint density at radius 1 is 1.39 bits per heavy atom. The van der Waals surface area contributed by atoms with Crippen molar-refractivity contribution in [2.75, 3.05) is 12.8 Å². The molecule has 1 aromatic heterocycles. The van der Waals surface area contributed by atoms with Crippen LogP contribution in [0.2, 0.25) is 0 Å². The lowest BCUT2D eigenvalue weighted by Crippen LogP contribution is -2.00. The third-order valence-electron chi connectivity index (χ3n) is 2.57. The number of benzene rings is 1. The first-order valence-electron chi connectivity index (χ1n) is 5.27. The zero-order valence-corrected chi connectivity index (χ0v) is 12.4. The molecular weight excluding hydrogens is 314 g/mol. The van der Waals surface area contributed by atoms with Crippen molar-refractivity contribution >= 4 is 38.9 Å². The van der Waals surface area contributed by atoms with Crippen LogP contribution in [0.3, 0.4) is 0 Å². The number of halogens is 1. The first kappa shape index (κ1) is 13.1. The lowest BCUT2D eigenvalue weighted by atomic mass is 10.1. The summed E-state index contributed by atoms with van der Waals surface area (Å²) in [4.78, 5) is 12.9. The molecular formula is C13H12BrNO2S. The van der Waals surface area contributed by atoms with E-state index >= 15 is 0 Å². The van der Waals surface area contributed by atoms with Crippen molar-refractivity contribution in [1.29, 1.82) is 0 Å². The molecule has 94 valence electrons. The number of aryl methyl sites for hydroxylation is 1. The van der Waals surface area contributed by atoms with Gasteiger partial charge in [0.05, 0.1) is 12.8 Å². The molecule has 0 saturated carbocycles. The van der Waals surface area contributed by atoms with E-state index in [0.29, 0.717) is 10.6 Å². The predicted octanol–water partition coefficient (Wildman–Crippen LogP) is 3.85. The maximum atomic E-state index is 11.5. The van der Waals surface area contributed by atoms with Crippen LogP contribution in [-0.2, 0) is 4.74 Å². The Bertz CT molecular complexity index is 607. The summed E-state index contributed by atoms with van der Waals surface area (Å²) in [7, 11) is 1.35. The minimum absolute atomic E-state index is 0.391. The summed E-state index contributed by atoms with van der Waals surface area (Å²) in [6.45, 7) is 2.02. The van der Waals surface area contributed by atoms with Crippen LogP contribution in [-0.4, -0.2) is 13.1 Å². The zero-order valence-electron chi connectivity index (χ0n) is 9.99. The zero-order chi connectivity index (χ0) is 13.3. The lowest BCUT2D eigenvalue weighted by molar-refractivity contribution is 0.0607. The quantitative estimate of drug-likeness (QED) is 0.853. The Hall–Kier alpha value is -1.33. The molecule has 0 aliphatic rings. The van der Waals surface area contributed by atoms with Gasteiger partial charge >= 0.3 is 5.97 Å². The molecule has 1 heterocycles. The molecule has 0 amide bonds. The van der Waals surface area contributed by atoms with Gasteiger partial charge in [-0.15, -0.1) is 11.3 Å². The maximum Gasteiger partial charge on any atom is 0.350 e. The summed E-state index contributed by atoms with van der Waals surface area (Å²) in [5.41, 5.74) is 8.47. The second-order valence-electron chi connectivity index (χ2n) is 3.85. The first-order chi connectivity index (χ1) is 8.52. The van der Waals surface area contributed by atoms with Gasteiger partial charge in [0.15, 0.2) is 0 Å². The van der Waals surface area contributed by atoms with E-state index in [4.69, 9.17) is 10.5 Å². The number of hydrogen-bond acceptors (Lipinski definition) is 4. The average molecular weight is 326 g/mol. The molecule has 0 atom stereocenters. The van der Waals surface area contributed by atoms with Crippen molar-refractivity contribution in [2.24, 2.45) is 0 Å². The third kappa shape index (κ3) is 2.42. The van der Waals surface area contributed by atoms with E-state index in [1.54, 1.807) is 6.07 Å². The van der Waals surface area contributed by atoms with Gasteiger partial charge in [-0.1, -0.05) is 22.0 Å². The predicted molar refractivity (Wildman–Crippen MR) is 77.9 cm³/mol. The number of esters is 1. The Morgan fingerprint density at radius 3 is 2.72 bits per heavy atom. The van der Waals surface area contributed by atoms with E-state index in [2.05, 4.69) is 22.0 Å². The van der Waals surface area contributed by atoms with Crippen molar-refractivity contribution < 1.29 is 9.53 Å². The number of hydrogen-bond donors (Lipinski definition) is 1. The number of methoxy groups -OCH3 is 1. The minimum Gasteiger partial charge on any atom is -0.465 e. The van der Waals surface area contributed by atoms with Crippen LogP contribution in [0.15, 0.2) is 28.7 Å². The molecule has 0 fully saturated rings. The molecule has 0 radical (unpaired) electrons. The summed E-state index contributed by atoms with van der Waals surface area (Å²) in [6, 6.07) is 7.83. The van der Waals surface area contributed by atoms with E-state index in [0.717, 1.165) is 20.5 Å². The van der Waals surface area contributed by atoms with Crippen LogP contribution in [0, 0.1) is 6.92 Å². The number of nitrogens with two attached hydrogens (primary N) is 1. The SMILES string of the molecule is COC(=O)c1sc(-c2ccc(Br)c(C)c2)cc1N. The van der Waals surface area contributed by atoms with Crippen molar-refractivity contribution in [3.63, 3.8) is 0 Å². The highest BCUT2D eigenvalue weighted by molar-refractivity contribution is 9.10. The third-order valence-corrected chi connectivity index (χ3v) is 4.64. The van der Waals surface area contributed by atoms with Gasteiger partial charge in [0.25, 0.3) is 0 Å². The standard InChI is InChI=1S/C13H12BrNO2S/c1-7-5-8(3-4-9(7)14)11-6-10(15)12(18-11)13(16)17-2/h3-6H,15H2,1-2H3. The van der Waals surface area contributed by atoms with E-state index in [-0.39, 0.29) is 0 Å². The van der Waals surface area contributed by atoms with Crippen LogP contribution in [0.4, 0.5) is 5.69 Å². The molecule has 0 saturated heterocycles. The van der Waals surface area contributed by atoms with Gasteiger partial charge in [-0.2, -0.15) is 0 Å². The topological polar surface area (TPSA) is 52.3 Å². The molecule has 0 spiro atoms. The molecule has 1 aromatic carbocycles. The molecule has 18 heavy (non-hydrogen) atoms. The summed E-state index contributed by atoms with van der Waals surface area (Å²) < 4.78 is 5.75. The molecule has 2 rings (SSSR count). The van der Waals surface area contributed by atoms with Gasteiger partial charge in [-0.25, -0.2) is 4.79 Å². The summed E-state index contributed by atoms with van der Waals surface area (Å²) in [5, 5.41) is 0. The van der Waals surface area contributed by atoms with E-state index in [9.17, 15) is 4.79 Å². The minimum atomic E-state index is -0.391. The lowest BCUT2D eigenvalue weighted by Gasteiger charge is -2.01. The number of ether oxygens (including phenoxy) is 1. The van der Waals surface area contributed by atoms with E-state index < -0.39 is 5.97 Å². The summed E-state index contributed by atoms with van der Waals surface area (Å²) >= 11 is 4.81. The average Bonchev–Trinajstić information content (AvgIpc) is 2.74. The van der Waals surface area contributed by atoms with Crippen LogP contribution >= 0.6 is 27.3 Å². The fourth-order valence-corrected chi connectivity index (χ4v) is 2.84. The molecule has 0 aliphatic heterocycles. The Morgan fingerprint density at radius 2 is 2.11 bits per heavy atom. The second kappa shape index (κ2) is 5.12. The highest BCUT2D eigenvalue weighted by Gasteiger charge is 2.15. The molecule has 5 heteroatoms. The highest BCUT2D eigenvalue weighted by atomic mass is 79.9. The monoisotopic (exact) mass is 325 g/mol. The van der Waals surface area contributed by atoms with Crippen molar-refractivity contribution in [2.45, 2.75) is 6.92 Å². The Labute approximate surface area is 118 Å². The van der Waals surface area contributed by atoms with E-state index in [1.165, 1.54) is 18.4 Å². The Balaban J connectivity index is 2.45. The normalized spacial score (nSPS) is 10.4. The first-order valence-corrected chi connectivity index (χ1v) is 6.88. The van der Waals surface area contributed by atoms with Gasteiger partial charge in [0.2, 0.25) is 0 Å². The second-order valence-corrected chi connectivity index (χ2v) is 5.76. The van der Waals surface area contributed by atoms with E-state index in [1.807, 2.05) is 19.1 Å². The van der Waals surface area contributed by atoms with Crippen molar-refractivity contribution in [1.82, 2.24) is 0 Å².